The predicted molar refractivity (Wildman–Crippen MR) is 85.3 cm³/mol. The fourth-order valence-corrected chi connectivity index (χ4v) is 5.72. The zero-order chi connectivity index (χ0) is 15.5. The number of hydrogen-bond donors (Lipinski definition) is 2. The summed E-state index contributed by atoms with van der Waals surface area (Å²) in [6.45, 7) is 2.30. The molecule has 0 saturated heterocycles. The highest BCUT2D eigenvalue weighted by molar-refractivity contribution is 5.49. The van der Waals surface area contributed by atoms with Gasteiger partial charge in [0.1, 0.15) is 0 Å². The fourth-order valence-electron chi connectivity index (χ4n) is 5.72. The second kappa shape index (κ2) is 4.89. The van der Waals surface area contributed by atoms with Crippen molar-refractivity contribution in [3.63, 3.8) is 0 Å². The van der Waals surface area contributed by atoms with E-state index in [1.54, 1.807) is 7.11 Å². The molecule has 0 bridgehead atoms. The number of fused-ring (bicyclic) bond motifs is 5. The molecular formula is C19H26O3. The minimum atomic E-state index is -0.116. The molecule has 3 heteroatoms. The van der Waals surface area contributed by atoms with Gasteiger partial charge in [0.15, 0.2) is 11.5 Å². The minimum absolute atomic E-state index is 0.116. The zero-order valence-corrected chi connectivity index (χ0v) is 13.5. The second-order valence-corrected chi connectivity index (χ2v) is 7.78. The van der Waals surface area contributed by atoms with Crippen molar-refractivity contribution in [2.45, 2.75) is 57.5 Å². The van der Waals surface area contributed by atoms with E-state index in [2.05, 4.69) is 13.0 Å². The van der Waals surface area contributed by atoms with E-state index >= 15 is 0 Å². The number of hydrogen-bond acceptors (Lipinski definition) is 3. The van der Waals surface area contributed by atoms with E-state index in [4.69, 9.17) is 4.74 Å². The summed E-state index contributed by atoms with van der Waals surface area (Å²) in [5, 5.41) is 20.5. The third kappa shape index (κ3) is 1.84. The molecule has 22 heavy (non-hydrogen) atoms. The number of aliphatic hydroxyl groups is 1. The lowest BCUT2D eigenvalue weighted by Crippen LogP contribution is -2.43. The Morgan fingerprint density at radius 2 is 2.00 bits per heavy atom. The molecule has 3 nitrogen and oxygen atoms in total. The highest BCUT2D eigenvalue weighted by Crippen LogP contribution is 2.61. The quantitative estimate of drug-likeness (QED) is 0.833. The Bertz CT molecular complexity index is 597. The van der Waals surface area contributed by atoms with Crippen LogP contribution < -0.4 is 4.74 Å². The summed E-state index contributed by atoms with van der Waals surface area (Å²) in [4.78, 5) is 0. The van der Waals surface area contributed by atoms with Crippen LogP contribution in [-0.2, 0) is 6.42 Å². The van der Waals surface area contributed by atoms with Crippen molar-refractivity contribution in [1.29, 1.82) is 0 Å². The van der Waals surface area contributed by atoms with Crippen molar-refractivity contribution in [3.8, 4) is 11.5 Å². The minimum Gasteiger partial charge on any atom is -0.504 e. The summed E-state index contributed by atoms with van der Waals surface area (Å²) in [7, 11) is 1.62. The lowest BCUT2D eigenvalue weighted by molar-refractivity contribution is -0.0226. The lowest BCUT2D eigenvalue weighted by atomic mass is 9.55. The van der Waals surface area contributed by atoms with E-state index in [9.17, 15) is 10.2 Å². The molecule has 0 aromatic heterocycles. The Labute approximate surface area is 132 Å². The van der Waals surface area contributed by atoms with Crippen LogP contribution in [0.25, 0.3) is 0 Å². The maximum atomic E-state index is 10.4. The topological polar surface area (TPSA) is 49.7 Å². The fraction of sp³-hybridized carbons (Fsp3) is 0.684. The van der Waals surface area contributed by atoms with Crippen LogP contribution in [0.15, 0.2) is 12.1 Å². The maximum absolute atomic E-state index is 10.4. The SMILES string of the molecule is COc1cc2c(cc1O)CCC1C2CC[C@@]2(C)C(O)CCC12. The number of aryl methyl sites for hydroxylation is 1. The normalized spacial score (nSPS) is 39.8. The molecule has 3 aliphatic carbocycles. The first-order valence-electron chi connectivity index (χ1n) is 8.62. The van der Waals surface area contributed by atoms with Gasteiger partial charge in [0.25, 0.3) is 0 Å². The van der Waals surface area contributed by atoms with E-state index in [1.165, 1.54) is 24.0 Å². The van der Waals surface area contributed by atoms with Gasteiger partial charge in [-0.3, -0.25) is 0 Å². The van der Waals surface area contributed by atoms with E-state index in [-0.39, 0.29) is 17.3 Å². The Morgan fingerprint density at radius 3 is 2.77 bits per heavy atom. The third-order valence-electron chi connectivity index (χ3n) is 6.97. The van der Waals surface area contributed by atoms with Crippen LogP contribution in [0.5, 0.6) is 11.5 Å². The third-order valence-corrected chi connectivity index (χ3v) is 6.97. The van der Waals surface area contributed by atoms with E-state index in [1.807, 2.05) is 6.07 Å². The van der Waals surface area contributed by atoms with Gasteiger partial charge in [0.2, 0.25) is 0 Å². The lowest BCUT2D eigenvalue weighted by Gasteiger charge is -2.50. The number of aliphatic hydroxyl groups excluding tert-OH is 1. The monoisotopic (exact) mass is 302 g/mol. The average Bonchev–Trinajstić information content (AvgIpc) is 2.82. The van der Waals surface area contributed by atoms with Gasteiger partial charge >= 0.3 is 0 Å². The van der Waals surface area contributed by atoms with Gasteiger partial charge in [-0.25, -0.2) is 0 Å². The van der Waals surface area contributed by atoms with Crippen LogP contribution in [0.1, 0.15) is 56.1 Å². The van der Waals surface area contributed by atoms with E-state index in [0.717, 1.165) is 25.7 Å². The van der Waals surface area contributed by atoms with Crippen LogP contribution in [0.4, 0.5) is 0 Å². The molecule has 0 radical (unpaired) electrons. The predicted octanol–water partition coefficient (Wildman–Crippen LogP) is 3.62. The summed E-state index contributed by atoms with van der Waals surface area (Å²) in [5.41, 5.74) is 2.80. The second-order valence-electron chi connectivity index (χ2n) is 7.78. The van der Waals surface area contributed by atoms with Crippen molar-refractivity contribution in [2.24, 2.45) is 17.3 Å². The molecule has 120 valence electrons. The Morgan fingerprint density at radius 1 is 1.18 bits per heavy atom. The van der Waals surface area contributed by atoms with Gasteiger partial charge in [0, 0.05) is 0 Å². The number of ether oxygens (including phenoxy) is 1. The zero-order valence-electron chi connectivity index (χ0n) is 13.5. The maximum Gasteiger partial charge on any atom is 0.160 e. The largest absolute Gasteiger partial charge is 0.504 e. The molecule has 0 heterocycles. The Kier molecular flexibility index (Phi) is 3.19. The number of benzene rings is 1. The molecule has 3 aliphatic rings. The molecule has 2 N–H and O–H groups in total. The van der Waals surface area contributed by atoms with Crippen molar-refractivity contribution < 1.29 is 14.9 Å². The van der Waals surface area contributed by atoms with E-state index < -0.39 is 0 Å². The smallest absolute Gasteiger partial charge is 0.160 e. The number of methoxy groups -OCH3 is 1. The summed E-state index contributed by atoms with van der Waals surface area (Å²) in [5.74, 6) is 2.75. The Balaban J connectivity index is 1.72. The van der Waals surface area contributed by atoms with Crippen molar-refractivity contribution in [3.05, 3.63) is 23.3 Å². The van der Waals surface area contributed by atoms with Crippen LogP contribution in [-0.4, -0.2) is 23.4 Å². The molecule has 0 amide bonds. The number of phenols is 1. The molecule has 4 unspecified atom stereocenters. The molecule has 0 spiro atoms. The molecule has 1 aromatic rings. The summed E-state index contributed by atoms with van der Waals surface area (Å²) < 4.78 is 5.32. The number of phenolic OH excluding ortho intramolecular Hbond substituents is 1. The van der Waals surface area contributed by atoms with Crippen LogP contribution in [0.3, 0.4) is 0 Å². The van der Waals surface area contributed by atoms with Crippen LogP contribution in [0, 0.1) is 17.3 Å². The van der Waals surface area contributed by atoms with Crippen LogP contribution in [0.2, 0.25) is 0 Å². The Hall–Kier alpha value is -1.22. The van der Waals surface area contributed by atoms with Crippen molar-refractivity contribution >= 4 is 0 Å². The molecule has 5 atom stereocenters. The molecular weight excluding hydrogens is 276 g/mol. The van der Waals surface area contributed by atoms with Crippen molar-refractivity contribution in [1.82, 2.24) is 0 Å². The standard InChI is InChI=1S/C19H26O3/c1-19-8-7-12-13(15(19)5-6-18(19)21)4-3-11-9-16(20)17(22-2)10-14(11)12/h9-10,12-13,15,18,20-21H,3-8H2,1-2H3/t12?,13?,15?,18?,19-/m1/s1. The van der Waals surface area contributed by atoms with Crippen LogP contribution >= 0.6 is 0 Å². The molecule has 1 aromatic carbocycles. The van der Waals surface area contributed by atoms with Gasteiger partial charge in [-0.2, -0.15) is 0 Å². The van der Waals surface area contributed by atoms with Gasteiger partial charge in [-0.15, -0.1) is 0 Å². The molecule has 0 aliphatic heterocycles. The summed E-state index contributed by atoms with van der Waals surface area (Å²) in [6.07, 6.45) is 6.51. The first-order chi connectivity index (χ1) is 10.5. The highest BCUT2D eigenvalue weighted by Gasteiger charge is 2.54. The van der Waals surface area contributed by atoms with Gasteiger partial charge in [0.05, 0.1) is 13.2 Å². The number of rotatable bonds is 1. The molecule has 2 saturated carbocycles. The highest BCUT2D eigenvalue weighted by atomic mass is 16.5. The van der Waals surface area contributed by atoms with Gasteiger partial charge < -0.3 is 14.9 Å². The summed E-state index contributed by atoms with van der Waals surface area (Å²) in [6, 6.07) is 3.97. The van der Waals surface area contributed by atoms with Gasteiger partial charge in [-0.05, 0) is 85.0 Å². The first kappa shape index (κ1) is 14.4. The van der Waals surface area contributed by atoms with Crippen molar-refractivity contribution in [2.75, 3.05) is 7.11 Å². The summed E-state index contributed by atoms with van der Waals surface area (Å²) >= 11 is 0. The average molecular weight is 302 g/mol. The first-order valence-corrected chi connectivity index (χ1v) is 8.62. The van der Waals surface area contributed by atoms with E-state index in [0.29, 0.717) is 23.5 Å². The van der Waals surface area contributed by atoms with Gasteiger partial charge in [-0.1, -0.05) is 6.92 Å². The molecule has 2 fully saturated rings. The molecule has 4 rings (SSSR count). The number of aromatic hydroxyl groups is 1.